The highest BCUT2D eigenvalue weighted by Gasteiger charge is 2.19. The van der Waals surface area contributed by atoms with Gasteiger partial charge in [-0.3, -0.25) is 4.79 Å². The first kappa shape index (κ1) is 20.2. The van der Waals surface area contributed by atoms with Gasteiger partial charge in [0.2, 0.25) is 0 Å². The van der Waals surface area contributed by atoms with E-state index < -0.39 is 12.0 Å². The summed E-state index contributed by atoms with van der Waals surface area (Å²) in [5.74, 6) is -1.08. The second-order valence-electron chi connectivity index (χ2n) is 4.66. The van der Waals surface area contributed by atoms with Gasteiger partial charge in [-0.1, -0.05) is 44.0 Å². The molecule has 0 saturated heterocycles. The predicted molar refractivity (Wildman–Crippen MR) is 87.6 cm³/mol. The lowest BCUT2D eigenvalue weighted by Gasteiger charge is -2.14. The van der Waals surface area contributed by atoms with Crippen LogP contribution in [0.15, 0.2) is 30.3 Å². The van der Waals surface area contributed by atoms with E-state index in [0.29, 0.717) is 5.02 Å². The van der Waals surface area contributed by atoms with Crippen molar-refractivity contribution in [3.05, 3.63) is 40.9 Å². The number of carbonyl (C=O) groups excluding carboxylic acids is 1. The van der Waals surface area contributed by atoms with Crippen LogP contribution in [-0.4, -0.2) is 30.2 Å². The number of benzene rings is 1. The van der Waals surface area contributed by atoms with Crippen LogP contribution >= 0.6 is 11.6 Å². The predicted octanol–water partition coefficient (Wildman–Crippen LogP) is 2.97. The van der Waals surface area contributed by atoms with Crippen LogP contribution in [0.1, 0.15) is 25.8 Å². The molecule has 0 aliphatic heterocycles. The van der Waals surface area contributed by atoms with E-state index in [1.807, 2.05) is 13.8 Å². The zero-order valence-corrected chi connectivity index (χ0v) is 13.7. The van der Waals surface area contributed by atoms with Crippen molar-refractivity contribution in [1.82, 2.24) is 0 Å². The zero-order valence-electron chi connectivity index (χ0n) is 13.0. The SMILES string of the molecule is CC[C@H](C)[C@H](N)C(=O)OC.O=C(O)/C=C/c1ccc(Cl)cc1. The number of hydrogen-bond acceptors (Lipinski definition) is 4. The molecule has 22 heavy (non-hydrogen) atoms. The Labute approximate surface area is 135 Å². The van der Waals surface area contributed by atoms with Crippen molar-refractivity contribution >= 4 is 29.6 Å². The Bertz CT molecular complexity index is 499. The standard InChI is InChI=1S/C9H7ClO2.C7H15NO2/c10-8-4-1-7(2-5-8)3-6-9(11)12;1-4-5(2)6(8)7(9)10-3/h1-6H,(H,11,12);5-6H,4,8H2,1-3H3/b6-3+;/t;5-,6-/m.0/s1. The summed E-state index contributed by atoms with van der Waals surface area (Å²) in [5, 5.41) is 8.96. The van der Waals surface area contributed by atoms with Crippen LogP contribution < -0.4 is 5.73 Å². The van der Waals surface area contributed by atoms with Crippen molar-refractivity contribution in [3.8, 4) is 0 Å². The Kier molecular flexibility index (Phi) is 9.91. The van der Waals surface area contributed by atoms with Crippen molar-refractivity contribution in [2.45, 2.75) is 26.3 Å². The summed E-state index contributed by atoms with van der Waals surface area (Å²) in [5.41, 5.74) is 6.33. The van der Waals surface area contributed by atoms with E-state index in [2.05, 4.69) is 4.74 Å². The summed E-state index contributed by atoms with van der Waals surface area (Å²) in [6, 6.07) is 6.46. The molecule has 0 spiro atoms. The molecule has 0 amide bonds. The average molecular weight is 328 g/mol. The molecule has 0 fully saturated rings. The fourth-order valence-corrected chi connectivity index (χ4v) is 1.49. The van der Waals surface area contributed by atoms with Crippen LogP contribution in [0.4, 0.5) is 0 Å². The zero-order chi connectivity index (χ0) is 17.1. The maximum Gasteiger partial charge on any atom is 0.328 e. The van der Waals surface area contributed by atoms with Crippen molar-refractivity contribution < 1.29 is 19.4 Å². The highest BCUT2D eigenvalue weighted by molar-refractivity contribution is 6.30. The number of carbonyl (C=O) groups is 2. The number of nitrogens with two attached hydrogens (primary N) is 1. The molecule has 5 nitrogen and oxygen atoms in total. The molecule has 1 aromatic carbocycles. The molecule has 0 aliphatic carbocycles. The summed E-state index contributed by atoms with van der Waals surface area (Å²) >= 11 is 5.63. The smallest absolute Gasteiger partial charge is 0.328 e. The van der Waals surface area contributed by atoms with Crippen molar-refractivity contribution in [2.75, 3.05) is 7.11 Å². The normalized spacial score (nSPS) is 13.0. The van der Waals surface area contributed by atoms with Gasteiger partial charge in [-0.2, -0.15) is 0 Å². The third-order valence-corrected chi connectivity index (χ3v) is 3.27. The van der Waals surface area contributed by atoms with Gasteiger partial charge in [-0.15, -0.1) is 0 Å². The van der Waals surface area contributed by atoms with Crippen LogP contribution in [0, 0.1) is 5.92 Å². The van der Waals surface area contributed by atoms with Crippen LogP contribution in [0.3, 0.4) is 0 Å². The maximum absolute atomic E-state index is 10.8. The molecule has 0 unspecified atom stereocenters. The monoisotopic (exact) mass is 327 g/mol. The molecule has 6 heteroatoms. The number of esters is 1. The van der Waals surface area contributed by atoms with E-state index >= 15 is 0 Å². The minimum absolute atomic E-state index is 0.201. The number of hydrogen-bond donors (Lipinski definition) is 2. The summed E-state index contributed by atoms with van der Waals surface area (Å²) in [6.45, 7) is 3.93. The molecule has 122 valence electrons. The fraction of sp³-hybridized carbons (Fsp3) is 0.375. The Morgan fingerprint density at radius 3 is 2.32 bits per heavy atom. The molecule has 0 bridgehead atoms. The first-order valence-electron chi connectivity index (χ1n) is 6.81. The Morgan fingerprint density at radius 1 is 1.36 bits per heavy atom. The van der Waals surface area contributed by atoms with Crippen LogP contribution in [0.5, 0.6) is 0 Å². The summed E-state index contributed by atoms with van der Waals surface area (Å²) in [4.78, 5) is 20.9. The van der Waals surface area contributed by atoms with E-state index in [1.54, 1.807) is 24.3 Å². The van der Waals surface area contributed by atoms with Gasteiger partial charge in [0.1, 0.15) is 6.04 Å². The van der Waals surface area contributed by atoms with E-state index in [4.69, 9.17) is 22.4 Å². The molecular formula is C16H22ClNO4. The van der Waals surface area contributed by atoms with Gasteiger partial charge in [-0.25, -0.2) is 4.79 Å². The summed E-state index contributed by atoms with van der Waals surface area (Å²) in [6.07, 6.45) is 3.50. The van der Waals surface area contributed by atoms with Crippen LogP contribution in [0.2, 0.25) is 5.02 Å². The maximum atomic E-state index is 10.8. The quantitative estimate of drug-likeness (QED) is 0.641. The first-order valence-corrected chi connectivity index (χ1v) is 7.19. The fourth-order valence-electron chi connectivity index (χ4n) is 1.36. The minimum Gasteiger partial charge on any atom is -0.478 e. The molecular weight excluding hydrogens is 306 g/mol. The number of aliphatic carboxylic acids is 1. The van der Waals surface area contributed by atoms with E-state index in [1.165, 1.54) is 13.2 Å². The molecule has 3 N–H and O–H groups in total. The Balaban J connectivity index is 0.000000409. The topological polar surface area (TPSA) is 89.6 Å². The average Bonchev–Trinajstić information content (AvgIpc) is 2.52. The van der Waals surface area contributed by atoms with Crippen molar-refractivity contribution in [3.63, 3.8) is 0 Å². The van der Waals surface area contributed by atoms with Crippen molar-refractivity contribution in [2.24, 2.45) is 11.7 Å². The molecule has 0 heterocycles. The van der Waals surface area contributed by atoms with Gasteiger partial charge in [0.25, 0.3) is 0 Å². The highest BCUT2D eigenvalue weighted by atomic mass is 35.5. The molecule has 0 radical (unpaired) electrons. The van der Waals surface area contributed by atoms with Crippen LogP contribution in [-0.2, 0) is 14.3 Å². The molecule has 1 aromatic rings. The van der Waals surface area contributed by atoms with Gasteiger partial charge in [-0.05, 0) is 29.7 Å². The highest BCUT2D eigenvalue weighted by Crippen LogP contribution is 2.10. The number of ether oxygens (including phenoxy) is 1. The number of carboxylic acid groups (broad SMARTS) is 1. The Morgan fingerprint density at radius 2 is 1.91 bits per heavy atom. The summed E-state index contributed by atoms with van der Waals surface area (Å²) < 4.78 is 4.47. The van der Waals surface area contributed by atoms with Crippen molar-refractivity contribution in [1.29, 1.82) is 0 Å². The lowest BCUT2D eigenvalue weighted by atomic mass is 10.0. The van der Waals surface area contributed by atoms with E-state index in [-0.39, 0.29) is 11.9 Å². The lowest BCUT2D eigenvalue weighted by Crippen LogP contribution is -2.37. The Hall–Kier alpha value is -1.85. The van der Waals surface area contributed by atoms with Gasteiger partial charge in [0.05, 0.1) is 7.11 Å². The molecule has 1 rings (SSSR count). The number of halogens is 1. The van der Waals surface area contributed by atoms with E-state index in [9.17, 15) is 9.59 Å². The third-order valence-electron chi connectivity index (χ3n) is 3.02. The molecule has 0 aliphatic rings. The minimum atomic E-state index is -0.954. The number of methoxy groups -OCH3 is 1. The largest absolute Gasteiger partial charge is 0.478 e. The third kappa shape index (κ3) is 8.44. The summed E-state index contributed by atoms with van der Waals surface area (Å²) in [7, 11) is 1.35. The van der Waals surface area contributed by atoms with Gasteiger partial charge < -0.3 is 15.6 Å². The van der Waals surface area contributed by atoms with Gasteiger partial charge in [0, 0.05) is 11.1 Å². The van der Waals surface area contributed by atoms with Gasteiger partial charge in [0.15, 0.2) is 0 Å². The second kappa shape index (κ2) is 10.8. The number of rotatable bonds is 5. The van der Waals surface area contributed by atoms with Gasteiger partial charge >= 0.3 is 11.9 Å². The molecule has 2 atom stereocenters. The molecule has 0 saturated carbocycles. The van der Waals surface area contributed by atoms with Crippen LogP contribution in [0.25, 0.3) is 6.08 Å². The molecule has 0 aromatic heterocycles. The lowest BCUT2D eigenvalue weighted by molar-refractivity contribution is -0.143. The first-order chi connectivity index (χ1) is 10.3. The number of carboxylic acids is 1. The second-order valence-corrected chi connectivity index (χ2v) is 5.09. The van der Waals surface area contributed by atoms with E-state index in [0.717, 1.165) is 18.1 Å².